The van der Waals surface area contributed by atoms with E-state index in [9.17, 15) is 14.4 Å². The van der Waals surface area contributed by atoms with E-state index >= 15 is 0 Å². The molecule has 0 aromatic heterocycles. The fourth-order valence-corrected chi connectivity index (χ4v) is 4.77. The Hall–Kier alpha value is -2.60. The predicted molar refractivity (Wildman–Crippen MR) is 112 cm³/mol. The first-order valence-electron chi connectivity index (χ1n) is 9.79. The smallest absolute Gasteiger partial charge is 0.255 e. The standard InChI is InChI=1S/C23H24N2O3S/c1-23(2,3)14-7-9-15(10-8-14)29-19-6-4-5-16-17(19)13-25(22(16)28)18-11-12-20(26)24-21(18)27/h4-10,18H,11-13H2,1-3H3,(H,24,26,27). The fraction of sp³-hybridized carbons (Fsp3) is 0.348. The Morgan fingerprint density at radius 1 is 1.03 bits per heavy atom. The van der Waals surface area contributed by atoms with Crippen LogP contribution in [-0.4, -0.2) is 28.7 Å². The highest BCUT2D eigenvalue weighted by Gasteiger charge is 2.39. The number of benzene rings is 2. The van der Waals surface area contributed by atoms with Crippen LogP contribution in [0.5, 0.6) is 0 Å². The van der Waals surface area contributed by atoms with Gasteiger partial charge in [-0.2, -0.15) is 0 Å². The second kappa shape index (κ2) is 7.34. The van der Waals surface area contributed by atoms with E-state index in [-0.39, 0.29) is 29.6 Å². The normalized spacial score (nSPS) is 19.3. The van der Waals surface area contributed by atoms with Crippen molar-refractivity contribution in [2.75, 3.05) is 0 Å². The summed E-state index contributed by atoms with van der Waals surface area (Å²) in [6.07, 6.45) is 0.638. The molecule has 0 spiro atoms. The molecule has 3 amide bonds. The van der Waals surface area contributed by atoms with Crippen LogP contribution in [0, 0.1) is 0 Å². The van der Waals surface area contributed by atoms with Gasteiger partial charge in [0.1, 0.15) is 6.04 Å². The molecule has 2 aliphatic heterocycles. The second-order valence-electron chi connectivity index (χ2n) is 8.56. The van der Waals surface area contributed by atoms with Crippen molar-refractivity contribution in [2.45, 2.75) is 61.4 Å². The summed E-state index contributed by atoms with van der Waals surface area (Å²) in [5.74, 6) is -0.792. The Labute approximate surface area is 174 Å². The molecular weight excluding hydrogens is 384 g/mol. The van der Waals surface area contributed by atoms with Gasteiger partial charge < -0.3 is 4.90 Å². The number of hydrogen-bond acceptors (Lipinski definition) is 4. The molecule has 0 bridgehead atoms. The van der Waals surface area contributed by atoms with E-state index in [0.717, 1.165) is 15.4 Å². The molecule has 150 valence electrons. The lowest BCUT2D eigenvalue weighted by molar-refractivity contribution is -0.136. The third-order valence-corrected chi connectivity index (χ3v) is 6.60. The van der Waals surface area contributed by atoms with Crippen LogP contribution in [0.3, 0.4) is 0 Å². The van der Waals surface area contributed by atoms with Crippen molar-refractivity contribution >= 4 is 29.5 Å². The Morgan fingerprint density at radius 3 is 2.41 bits per heavy atom. The largest absolute Gasteiger partial charge is 0.322 e. The lowest BCUT2D eigenvalue weighted by atomic mass is 9.87. The quantitative estimate of drug-likeness (QED) is 0.783. The maximum atomic E-state index is 12.9. The highest BCUT2D eigenvalue weighted by molar-refractivity contribution is 7.99. The number of carbonyl (C=O) groups excluding carboxylic acids is 3. The molecule has 1 fully saturated rings. The van der Waals surface area contributed by atoms with E-state index in [1.165, 1.54) is 5.56 Å². The van der Waals surface area contributed by atoms with Crippen LogP contribution >= 0.6 is 11.8 Å². The van der Waals surface area contributed by atoms with Gasteiger partial charge in [0.15, 0.2) is 0 Å². The maximum Gasteiger partial charge on any atom is 0.255 e. The lowest BCUT2D eigenvalue weighted by Gasteiger charge is -2.29. The summed E-state index contributed by atoms with van der Waals surface area (Å²) in [4.78, 5) is 40.3. The third kappa shape index (κ3) is 3.81. The minimum Gasteiger partial charge on any atom is -0.322 e. The van der Waals surface area contributed by atoms with E-state index in [0.29, 0.717) is 18.5 Å². The molecule has 4 rings (SSSR count). The summed E-state index contributed by atoms with van der Waals surface area (Å²) in [5.41, 5.74) is 2.98. The molecule has 5 nitrogen and oxygen atoms in total. The molecular formula is C23H24N2O3S. The van der Waals surface area contributed by atoms with Crippen LogP contribution in [0.1, 0.15) is 55.1 Å². The highest BCUT2D eigenvalue weighted by atomic mass is 32.2. The number of carbonyl (C=O) groups is 3. The molecule has 0 aliphatic carbocycles. The van der Waals surface area contributed by atoms with Crippen molar-refractivity contribution in [3.63, 3.8) is 0 Å². The van der Waals surface area contributed by atoms with Crippen LogP contribution in [0.15, 0.2) is 52.3 Å². The van der Waals surface area contributed by atoms with Gasteiger partial charge in [-0.15, -0.1) is 0 Å². The van der Waals surface area contributed by atoms with E-state index in [4.69, 9.17) is 0 Å². The zero-order valence-corrected chi connectivity index (χ0v) is 17.6. The monoisotopic (exact) mass is 408 g/mol. The number of amides is 3. The molecule has 2 heterocycles. The first-order chi connectivity index (χ1) is 13.7. The average Bonchev–Trinajstić information content (AvgIpc) is 2.99. The van der Waals surface area contributed by atoms with Crippen molar-refractivity contribution in [1.82, 2.24) is 10.2 Å². The third-order valence-electron chi connectivity index (χ3n) is 5.49. The number of hydrogen-bond donors (Lipinski definition) is 1. The second-order valence-corrected chi connectivity index (χ2v) is 9.67. The van der Waals surface area contributed by atoms with Crippen LogP contribution in [0.25, 0.3) is 0 Å². The van der Waals surface area contributed by atoms with E-state index in [1.54, 1.807) is 16.7 Å². The number of fused-ring (bicyclic) bond motifs is 1. The summed E-state index contributed by atoms with van der Waals surface area (Å²) in [7, 11) is 0. The van der Waals surface area contributed by atoms with Gasteiger partial charge in [0.2, 0.25) is 11.8 Å². The van der Waals surface area contributed by atoms with Gasteiger partial charge in [-0.05, 0) is 47.2 Å². The SMILES string of the molecule is CC(C)(C)c1ccc(Sc2cccc3c2CN(C2CCC(=O)NC2=O)C3=O)cc1. The van der Waals surface area contributed by atoms with Crippen molar-refractivity contribution < 1.29 is 14.4 Å². The summed E-state index contributed by atoms with van der Waals surface area (Å²) in [6, 6.07) is 13.6. The van der Waals surface area contributed by atoms with Crippen molar-refractivity contribution in [1.29, 1.82) is 0 Å². The van der Waals surface area contributed by atoms with Gasteiger partial charge in [-0.25, -0.2) is 0 Å². The summed E-state index contributed by atoms with van der Waals surface area (Å²) in [5, 5.41) is 2.35. The number of piperidine rings is 1. The molecule has 1 atom stereocenters. The summed E-state index contributed by atoms with van der Waals surface area (Å²) >= 11 is 1.63. The molecule has 6 heteroatoms. The van der Waals surface area contributed by atoms with E-state index < -0.39 is 6.04 Å². The molecule has 2 aromatic carbocycles. The van der Waals surface area contributed by atoms with Gasteiger partial charge in [-0.1, -0.05) is 50.7 Å². The number of imide groups is 1. The first-order valence-corrected chi connectivity index (χ1v) is 10.6. The van der Waals surface area contributed by atoms with Crippen molar-refractivity contribution in [3.8, 4) is 0 Å². The Morgan fingerprint density at radius 2 is 1.76 bits per heavy atom. The van der Waals surface area contributed by atoms with Crippen LogP contribution in [-0.2, 0) is 21.5 Å². The summed E-state index contributed by atoms with van der Waals surface area (Å²) < 4.78 is 0. The zero-order valence-electron chi connectivity index (χ0n) is 16.8. The molecule has 0 radical (unpaired) electrons. The van der Waals surface area contributed by atoms with Crippen LogP contribution < -0.4 is 5.32 Å². The van der Waals surface area contributed by atoms with Gasteiger partial charge in [0, 0.05) is 28.3 Å². The first kappa shape index (κ1) is 19.7. The van der Waals surface area contributed by atoms with Gasteiger partial charge in [0.25, 0.3) is 5.91 Å². The molecule has 1 saturated heterocycles. The molecule has 2 aliphatic rings. The molecule has 29 heavy (non-hydrogen) atoms. The van der Waals surface area contributed by atoms with Gasteiger partial charge in [-0.3, -0.25) is 19.7 Å². The Balaban J connectivity index is 1.57. The minimum atomic E-state index is -0.587. The van der Waals surface area contributed by atoms with Crippen molar-refractivity contribution in [3.05, 3.63) is 59.2 Å². The number of nitrogens with zero attached hydrogens (tertiary/aromatic N) is 1. The Bertz CT molecular complexity index is 992. The molecule has 0 saturated carbocycles. The van der Waals surface area contributed by atoms with Gasteiger partial charge >= 0.3 is 0 Å². The molecule has 1 unspecified atom stereocenters. The van der Waals surface area contributed by atoms with Gasteiger partial charge in [0.05, 0.1) is 0 Å². The van der Waals surface area contributed by atoms with E-state index in [2.05, 4.69) is 50.4 Å². The maximum absolute atomic E-state index is 12.9. The highest BCUT2D eigenvalue weighted by Crippen LogP contribution is 2.38. The van der Waals surface area contributed by atoms with E-state index in [1.807, 2.05) is 18.2 Å². The minimum absolute atomic E-state index is 0.103. The average molecular weight is 409 g/mol. The fourth-order valence-electron chi connectivity index (χ4n) is 3.80. The number of rotatable bonds is 3. The lowest BCUT2D eigenvalue weighted by Crippen LogP contribution is -2.52. The predicted octanol–water partition coefficient (Wildman–Crippen LogP) is 3.90. The van der Waals surface area contributed by atoms with Crippen LogP contribution in [0.4, 0.5) is 0 Å². The van der Waals surface area contributed by atoms with Crippen molar-refractivity contribution in [2.24, 2.45) is 0 Å². The molecule has 1 N–H and O–H groups in total. The number of nitrogens with one attached hydrogen (secondary N) is 1. The zero-order chi connectivity index (χ0) is 20.8. The molecule has 2 aromatic rings. The summed E-state index contributed by atoms with van der Waals surface area (Å²) in [6.45, 7) is 6.96. The topological polar surface area (TPSA) is 66.5 Å². The Kier molecular flexibility index (Phi) is 4.99. The van der Waals surface area contributed by atoms with Crippen LogP contribution in [0.2, 0.25) is 0 Å².